The third-order valence-corrected chi connectivity index (χ3v) is 7.36. The van der Waals surface area contributed by atoms with Crippen LogP contribution in [0, 0.1) is 19.7 Å². The fourth-order valence-corrected chi connectivity index (χ4v) is 5.01. The number of carbonyl (C=O) groups excluding carboxylic acids is 3. The van der Waals surface area contributed by atoms with E-state index >= 15 is 0 Å². The van der Waals surface area contributed by atoms with Gasteiger partial charge in [-0.25, -0.2) is 22.4 Å². The van der Waals surface area contributed by atoms with Gasteiger partial charge in [0.25, 0.3) is 0 Å². The second kappa shape index (κ2) is 10.9. The lowest BCUT2D eigenvalue weighted by Crippen LogP contribution is -2.31. The molecule has 0 aliphatic carbocycles. The van der Waals surface area contributed by atoms with Gasteiger partial charge in [-0.2, -0.15) is 4.31 Å². The van der Waals surface area contributed by atoms with Crippen molar-refractivity contribution in [2.75, 3.05) is 19.7 Å². The van der Waals surface area contributed by atoms with Crippen LogP contribution in [0.25, 0.3) is 0 Å². The molecule has 186 valence electrons. The zero-order chi connectivity index (χ0) is 25.8. The number of nitrogens with zero attached hydrogens (tertiary/aromatic N) is 1. The number of rotatable bonds is 10. The zero-order valence-corrected chi connectivity index (χ0v) is 20.8. The van der Waals surface area contributed by atoms with Gasteiger partial charge in [0.1, 0.15) is 5.82 Å². The lowest BCUT2D eigenvalue weighted by Gasteiger charge is -2.19. The highest BCUT2D eigenvalue weighted by Gasteiger charge is 2.29. The third kappa shape index (κ3) is 5.36. The second-order valence-corrected chi connectivity index (χ2v) is 9.43. The molecule has 1 atom stereocenters. The number of sulfonamides is 1. The number of esters is 2. The molecule has 1 aromatic carbocycles. The molecule has 0 bridgehead atoms. The van der Waals surface area contributed by atoms with Crippen LogP contribution in [0.5, 0.6) is 0 Å². The van der Waals surface area contributed by atoms with Crippen LogP contribution in [0.1, 0.15) is 70.2 Å². The molecule has 2 rings (SSSR count). The van der Waals surface area contributed by atoms with E-state index in [0.717, 1.165) is 18.2 Å². The van der Waals surface area contributed by atoms with Crippen molar-refractivity contribution < 1.29 is 36.7 Å². The number of ether oxygens (including phenoxy) is 2. The van der Waals surface area contributed by atoms with Gasteiger partial charge in [0, 0.05) is 18.8 Å². The van der Waals surface area contributed by atoms with E-state index in [2.05, 4.69) is 4.98 Å². The number of hydrogen-bond acceptors (Lipinski definition) is 7. The van der Waals surface area contributed by atoms with Crippen LogP contribution in [0.3, 0.4) is 0 Å². The first-order valence-corrected chi connectivity index (χ1v) is 12.3. The Balaban J connectivity index is 2.31. The Morgan fingerprint density at radius 2 is 1.71 bits per heavy atom. The average molecular weight is 497 g/mol. The summed E-state index contributed by atoms with van der Waals surface area (Å²) >= 11 is 0. The van der Waals surface area contributed by atoms with Crippen LogP contribution in [0.4, 0.5) is 4.39 Å². The lowest BCUT2D eigenvalue weighted by atomic mass is 10.1. The van der Waals surface area contributed by atoms with Gasteiger partial charge in [0.15, 0.2) is 6.10 Å². The number of hydrogen-bond donors (Lipinski definition) is 1. The van der Waals surface area contributed by atoms with Crippen molar-refractivity contribution in [1.82, 2.24) is 9.29 Å². The molecule has 11 heteroatoms. The number of carbonyl (C=O) groups is 3. The maximum atomic E-state index is 14.4. The molecule has 2 aromatic rings. The molecule has 0 radical (unpaired) electrons. The molecule has 0 aliphatic rings. The van der Waals surface area contributed by atoms with Crippen LogP contribution in [0.2, 0.25) is 0 Å². The van der Waals surface area contributed by atoms with Crippen molar-refractivity contribution in [3.63, 3.8) is 0 Å². The maximum absolute atomic E-state index is 14.4. The van der Waals surface area contributed by atoms with E-state index in [0.29, 0.717) is 11.3 Å². The number of Topliss-reactive ketones (excluding diaryl/α,β-unsaturated/α-hetero) is 1. The van der Waals surface area contributed by atoms with Crippen molar-refractivity contribution in [2.45, 2.75) is 52.5 Å². The van der Waals surface area contributed by atoms with E-state index < -0.39 is 45.2 Å². The summed E-state index contributed by atoms with van der Waals surface area (Å²) < 4.78 is 51.1. The van der Waals surface area contributed by atoms with Gasteiger partial charge in [0.05, 0.1) is 28.3 Å². The molecular weight excluding hydrogens is 467 g/mol. The van der Waals surface area contributed by atoms with Crippen LogP contribution in [-0.2, 0) is 19.5 Å². The SMILES string of the molecule is CCOC(=O)c1c(C)[nH]c(C(=O)C(C)OC(=O)c2cc(S(=O)(=O)N(CC)CC)ccc2F)c1C. The summed E-state index contributed by atoms with van der Waals surface area (Å²) in [6.07, 6.45) is -1.35. The number of H-pyrrole nitrogens is 1. The Hall–Kier alpha value is -3.05. The van der Waals surface area contributed by atoms with Gasteiger partial charge in [-0.3, -0.25) is 4.79 Å². The predicted octanol–water partition coefficient (Wildman–Crippen LogP) is 3.41. The van der Waals surface area contributed by atoms with Crippen LogP contribution >= 0.6 is 0 Å². The van der Waals surface area contributed by atoms with Crippen molar-refractivity contribution >= 4 is 27.7 Å². The zero-order valence-electron chi connectivity index (χ0n) is 20.0. The highest BCUT2D eigenvalue weighted by Crippen LogP contribution is 2.23. The number of aromatic amines is 1. The van der Waals surface area contributed by atoms with Crippen molar-refractivity contribution in [1.29, 1.82) is 0 Å². The smallest absolute Gasteiger partial charge is 0.341 e. The largest absolute Gasteiger partial charge is 0.462 e. The lowest BCUT2D eigenvalue weighted by molar-refractivity contribution is 0.0312. The summed E-state index contributed by atoms with van der Waals surface area (Å²) in [6, 6.07) is 2.82. The Kier molecular flexibility index (Phi) is 8.73. The minimum absolute atomic E-state index is 0.0548. The molecule has 0 amide bonds. The van der Waals surface area contributed by atoms with E-state index in [9.17, 15) is 27.2 Å². The minimum Gasteiger partial charge on any atom is -0.462 e. The molecule has 1 aromatic heterocycles. The van der Waals surface area contributed by atoms with E-state index in [1.165, 1.54) is 11.2 Å². The monoisotopic (exact) mass is 496 g/mol. The van der Waals surface area contributed by atoms with Gasteiger partial charge >= 0.3 is 11.9 Å². The fourth-order valence-electron chi connectivity index (χ4n) is 3.52. The molecule has 0 saturated carbocycles. The molecule has 9 nitrogen and oxygen atoms in total. The molecule has 0 fully saturated rings. The number of benzene rings is 1. The Morgan fingerprint density at radius 1 is 1.09 bits per heavy atom. The first-order valence-electron chi connectivity index (χ1n) is 10.8. The molecule has 34 heavy (non-hydrogen) atoms. The van der Waals surface area contributed by atoms with E-state index in [1.807, 2.05) is 0 Å². The quantitative estimate of drug-likeness (QED) is 0.395. The van der Waals surface area contributed by atoms with Gasteiger partial charge < -0.3 is 14.5 Å². The number of halogens is 1. The van der Waals surface area contributed by atoms with Crippen LogP contribution < -0.4 is 0 Å². The topological polar surface area (TPSA) is 123 Å². The molecule has 1 unspecified atom stereocenters. The number of ketones is 1. The standard InChI is InChI=1S/C23H29FN2O7S/c1-7-26(8-2)34(30,31)16-10-11-18(24)17(12-16)22(28)33-15(6)21(27)20-13(4)19(14(5)25-20)23(29)32-9-3/h10-12,15,25H,7-9H2,1-6H3. The Bertz CT molecular complexity index is 1200. The number of aromatic nitrogens is 1. The summed E-state index contributed by atoms with van der Waals surface area (Å²) in [4.78, 5) is 40.3. The Labute approximate surface area is 198 Å². The van der Waals surface area contributed by atoms with Gasteiger partial charge in [-0.15, -0.1) is 0 Å². The Morgan fingerprint density at radius 3 is 2.26 bits per heavy atom. The van der Waals surface area contributed by atoms with Gasteiger partial charge in [-0.1, -0.05) is 13.8 Å². The van der Waals surface area contributed by atoms with E-state index in [4.69, 9.17) is 9.47 Å². The molecule has 0 spiro atoms. The van der Waals surface area contributed by atoms with Crippen LogP contribution in [-0.4, -0.2) is 61.2 Å². The third-order valence-electron chi connectivity index (χ3n) is 5.32. The van der Waals surface area contributed by atoms with Crippen molar-refractivity contribution in [3.8, 4) is 0 Å². The summed E-state index contributed by atoms with van der Waals surface area (Å²) in [5.74, 6) is -3.41. The predicted molar refractivity (Wildman–Crippen MR) is 122 cm³/mol. The van der Waals surface area contributed by atoms with E-state index in [-0.39, 0.29) is 35.8 Å². The fraction of sp³-hybridized carbons (Fsp3) is 0.435. The maximum Gasteiger partial charge on any atom is 0.341 e. The highest BCUT2D eigenvalue weighted by molar-refractivity contribution is 7.89. The van der Waals surface area contributed by atoms with Gasteiger partial charge in [0.2, 0.25) is 15.8 Å². The molecule has 1 heterocycles. The molecule has 0 aliphatic heterocycles. The van der Waals surface area contributed by atoms with Crippen LogP contribution in [0.15, 0.2) is 23.1 Å². The molecular formula is C23H29FN2O7S. The number of aryl methyl sites for hydroxylation is 1. The molecule has 1 N–H and O–H groups in total. The average Bonchev–Trinajstić information content (AvgIpc) is 3.07. The highest BCUT2D eigenvalue weighted by atomic mass is 32.2. The molecule has 0 saturated heterocycles. The summed E-state index contributed by atoms with van der Waals surface area (Å²) in [5.41, 5.74) is 0.406. The normalized spacial score (nSPS) is 12.5. The van der Waals surface area contributed by atoms with Crippen molar-refractivity contribution in [2.24, 2.45) is 0 Å². The first kappa shape index (κ1) is 27.2. The minimum atomic E-state index is -3.94. The summed E-state index contributed by atoms with van der Waals surface area (Å²) in [5, 5.41) is 0. The van der Waals surface area contributed by atoms with E-state index in [1.54, 1.807) is 34.6 Å². The first-order chi connectivity index (χ1) is 15.9. The van der Waals surface area contributed by atoms with Gasteiger partial charge in [-0.05, 0) is 51.5 Å². The second-order valence-electron chi connectivity index (χ2n) is 7.49. The summed E-state index contributed by atoms with van der Waals surface area (Å²) in [6.45, 7) is 9.99. The summed E-state index contributed by atoms with van der Waals surface area (Å²) in [7, 11) is -3.94. The van der Waals surface area contributed by atoms with Crippen molar-refractivity contribution in [3.05, 3.63) is 52.1 Å². The number of nitrogens with one attached hydrogen (secondary N) is 1.